The van der Waals surface area contributed by atoms with Gasteiger partial charge in [0.1, 0.15) is 5.75 Å². The van der Waals surface area contributed by atoms with Crippen LogP contribution in [0.15, 0.2) is 48.7 Å². The minimum absolute atomic E-state index is 0.131. The number of carbonyl (C=O) groups is 2. The van der Waals surface area contributed by atoms with Crippen LogP contribution in [0, 0.1) is 0 Å². The van der Waals surface area contributed by atoms with Gasteiger partial charge in [0.25, 0.3) is 5.91 Å². The van der Waals surface area contributed by atoms with E-state index < -0.39 is 6.04 Å². The van der Waals surface area contributed by atoms with Crippen LogP contribution in [-0.2, 0) is 16.0 Å². The molecule has 1 aliphatic rings. The molecule has 2 N–H and O–H groups in total. The third kappa shape index (κ3) is 3.37. The van der Waals surface area contributed by atoms with Crippen LogP contribution in [0.25, 0.3) is 10.9 Å². The van der Waals surface area contributed by atoms with Crippen molar-refractivity contribution in [2.45, 2.75) is 18.9 Å². The Bertz CT molecular complexity index is 1050. The van der Waals surface area contributed by atoms with E-state index in [0.29, 0.717) is 17.3 Å². The quantitative estimate of drug-likeness (QED) is 0.626. The molecule has 3 aromatic rings. The highest BCUT2D eigenvalue weighted by Gasteiger charge is 2.39. The third-order valence-corrected chi connectivity index (χ3v) is 5.32. The Balaban J connectivity index is 1.43. The smallest absolute Gasteiger partial charge is 0.251 e. The molecule has 0 saturated carbocycles. The van der Waals surface area contributed by atoms with Crippen LogP contribution < -0.4 is 15.0 Å². The summed E-state index contributed by atoms with van der Waals surface area (Å²) in [5, 5.41) is 4.69. The number of nitrogens with one attached hydrogen (secondary N) is 2. The van der Waals surface area contributed by atoms with Crippen molar-refractivity contribution in [3.8, 4) is 5.75 Å². The van der Waals surface area contributed by atoms with Gasteiger partial charge in [0.05, 0.1) is 30.3 Å². The lowest BCUT2D eigenvalue weighted by Crippen LogP contribution is -2.39. The van der Waals surface area contributed by atoms with Gasteiger partial charge in [-0.1, -0.05) is 23.7 Å². The van der Waals surface area contributed by atoms with E-state index in [0.717, 1.165) is 28.6 Å². The Morgan fingerprint density at radius 3 is 2.86 bits per heavy atom. The van der Waals surface area contributed by atoms with Gasteiger partial charge in [-0.15, -0.1) is 0 Å². The van der Waals surface area contributed by atoms with Crippen LogP contribution in [0.2, 0.25) is 5.02 Å². The molecule has 0 bridgehead atoms. The number of fused-ring (bicyclic) bond motifs is 1. The number of aromatic nitrogens is 1. The van der Waals surface area contributed by atoms with Crippen LogP contribution >= 0.6 is 11.6 Å². The van der Waals surface area contributed by atoms with Crippen molar-refractivity contribution < 1.29 is 14.3 Å². The van der Waals surface area contributed by atoms with Gasteiger partial charge in [-0.25, -0.2) is 4.90 Å². The second-order valence-corrected chi connectivity index (χ2v) is 7.11. The summed E-state index contributed by atoms with van der Waals surface area (Å²) < 4.78 is 5.29. The number of benzene rings is 2. The van der Waals surface area contributed by atoms with Gasteiger partial charge >= 0.3 is 0 Å². The SMILES string of the molecule is COc1ccc2[nH]cc(CCNC3CC(=O)N(c4ccccc4Cl)C3=O)c2c1. The number of H-pyrrole nitrogens is 1. The normalized spacial score (nSPS) is 16.9. The number of ether oxygens (including phenoxy) is 1. The fourth-order valence-corrected chi connectivity index (χ4v) is 3.77. The number of carbonyl (C=O) groups excluding carboxylic acids is 2. The molecule has 4 rings (SSSR count). The number of rotatable bonds is 6. The second-order valence-electron chi connectivity index (χ2n) is 6.71. The highest BCUT2D eigenvalue weighted by atomic mass is 35.5. The summed E-state index contributed by atoms with van der Waals surface area (Å²) in [5.41, 5.74) is 2.60. The molecule has 1 fully saturated rings. The van der Waals surface area contributed by atoms with Crippen LogP contribution in [0.4, 0.5) is 5.69 Å². The summed E-state index contributed by atoms with van der Waals surface area (Å²) in [6, 6.07) is 12.2. The molecule has 1 saturated heterocycles. The van der Waals surface area contributed by atoms with Gasteiger partial charge in [0.15, 0.2) is 0 Å². The number of methoxy groups -OCH3 is 1. The number of anilines is 1. The number of aromatic amines is 1. The second kappa shape index (κ2) is 7.66. The number of para-hydroxylation sites is 1. The van der Waals surface area contributed by atoms with Crippen LogP contribution in [0.1, 0.15) is 12.0 Å². The van der Waals surface area contributed by atoms with Gasteiger partial charge in [-0.05, 0) is 42.3 Å². The number of imide groups is 1. The first-order valence-corrected chi connectivity index (χ1v) is 9.45. The van der Waals surface area contributed by atoms with Crippen molar-refractivity contribution in [1.29, 1.82) is 0 Å². The van der Waals surface area contributed by atoms with E-state index in [4.69, 9.17) is 16.3 Å². The fourth-order valence-electron chi connectivity index (χ4n) is 3.55. The number of halogens is 1. The monoisotopic (exact) mass is 397 g/mol. The molecule has 144 valence electrons. The summed E-state index contributed by atoms with van der Waals surface area (Å²) in [6.45, 7) is 0.574. The van der Waals surface area contributed by atoms with E-state index in [2.05, 4.69) is 10.3 Å². The maximum atomic E-state index is 12.7. The van der Waals surface area contributed by atoms with Gasteiger partial charge in [-0.2, -0.15) is 0 Å². The molecule has 1 unspecified atom stereocenters. The van der Waals surface area contributed by atoms with Gasteiger partial charge in [0.2, 0.25) is 5.91 Å². The highest BCUT2D eigenvalue weighted by molar-refractivity contribution is 6.36. The first-order chi connectivity index (χ1) is 13.6. The number of amides is 2. The van der Waals surface area contributed by atoms with Gasteiger partial charge in [0, 0.05) is 23.6 Å². The lowest BCUT2D eigenvalue weighted by molar-refractivity contribution is -0.121. The number of nitrogens with zero attached hydrogens (tertiary/aromatic N) is 1. The summed E-state index contributed by atoms with van der Waals surface area (Å²) >= 11 is 6.15. The predicted octanol–water partition coefficient (Wildman–Crippen LogP) is 3.29. The Morgan fingerprint density at radius 1 is 1.25 bits per heavy atom. The topological polar surface area (TPSA) is 74.4 Å². The summed E-state index contributed by atoms with van der Waals surface area (Å²) in [7, 11) is 1.64. The largest absolute Gasteiger partial charge is 0.497 e. The lowest BCUT2D eigenvalue weighted by atomic mass is 10.1. The molecule has 6 nitrogen and oxygen atoms in total. The zero-order valence-corrected chi connectivity index (χ0v) is 16.1. The Hall–Kier alpha value is -2.83. The van der Waals surface area contributed by atoms with E-state index in [9.17, 15) is 9.59 Å². The molecule has 0 spiro atoms. The molecule has 0 radical (unpaired) electrons. The standard InChI is InChI=1S/C21H20ClN3O3/c1-28-14-6-7-17-15(10-14)13(12-24-17)8-9-23-18-11-20(26)25(21(18)27)19-5-3-2-4-16(19)22/h2-7,10,12,18,23-24H,8-9,11H2,1H3. The summed E-state index contributed by atoms with van der Waals surface area (Å²) in [5.74, 6) is 0.291. The first-order valence-electron chi connectivity index (χ1n) is 9.07. The summed E-state index contributed by atoms with van der Waals surface area (Å²) in [4.78, 5) is 29.5. The lowest BCUT2D eigenvalue weighted by Gasteiger charge is -2.16. The molecule has 2 heterocycles. The van der Waals surface area contributed by atoms with Crippen molar-refractivity contribution in [2.75, 3.05) is 18.6 Å². The minimum Gasteiger partial charge on any atom is -0.497 e. The average Bonchev–Trinajstić information content (AvgIpc) is 3.22. The van der Waals surface area contributed by atoms with Crippen LogP contribution in [0.5, 0.6) is 5.75 Å². The molecule has 0 aliphatic carbocycles. The Labute approximate surface area is 167 Å². The van der Waals surface area contributed by atoms with E-state index >= 15 is 0 Å². The van der Waals surface area contributed by atoms with Gasteiger partial charge in [-0.3, -0.25) is 9.59 Å². The molecular formula is C21H20ClN3O3. The number of hydrogen-bond acceptors (Lipinski definition) is 4. The molecule has 2 aromatic carbocycles. The summed E-state index contributed by atoms with van der Waals surface area (Å²) in [6.07, 6.45) is 2.81. The van der Waals surface area contributed by atoms with E-state index in [1.54, 1.807) is 31.4 Å². The number of hydrogen-bond donors (Lipinski definition) is 2. The zero-order chi connectivity index (χ0) is 19.7. The van der Waals surface area contributed by atoms with Crippen molar-refractivity contribution >= 4 is 40.0 Å². The van der Waals surface area contributed by atoms with Crippen LogP contribution in [0.3, 0.4) is 0 Å². The van der Waals surface area contributed by atoms with Crippen molar-refractivity contribution in [2.24, 2.45) is 0 Å². The molecule has 1 atom stereocenters. The van der Waals surface area contributed by atoms with Crippen molar-refractivity contribution in [3.05, 3.63) is 59.2 Å². The maximum Gasteiger partial charge on any atom is 0.251 e. The highest BCUT2D eigenvalue weighted by Crippen LogP contribution is 2.30. The molecule has 28 heavy (non-hydrogen) atoms. The first kappa shape index (κ1) is 18.5. The maximum absolute atomic E-state index is 12.7. The van der Waals surface area contributed by atoms with E-state index in [-0.39, 0.29) is 18.2 Å². The Morgan fingerprint density at radius 2 is 2.07 bits per heavy atom. The predicted molar refractivity (Wildman–Crippen MR) is 109 cm³/mol. The van der Waals surface area contributed by atoms with Gasteiger partial charge < -0.3 is 15.0 Å². The third-order valence-electron chi connectivity index (χ3n) is 5.00. The fraction of sp³-hybridized carbons (Fsp3) is 0.238. The molecule has 2 amide bonds. The molecule has 1 aliphatic heterocycles. The molecule has 1 aromatic heterocycles. The Kier molecular flexibility index (Phi) is 5.07. The molecule has 7 heteroatoms. The van der Waals surface area contributed by atoms with Crippen molar-refractivity contribution in [3.63, 3.8) is 0 Å². The van der Waals surface area contributed by atoms with Crippen molar-refractivity contribution in [1.82, 2.24) is 10.3 Å². The van der Waals surface area contributed by atoms with E-state index in [1.807, 2.05) is 24.4 Å². The van der Waals surface area contributed by atoms with E-state index in [1.165, 1.54) is 4.90 Å². The average molecular weight is 398 g/mol. The minimum atomic E-state index is -0.538. The zero-order valence-electron chi connectivity index (χ0n) is 15.4. The van der Waals surface area contributed by atoms with Crippen LogP contribution in [-0.4, -0.2) is 36.5 Å². The molecular weight excluding hydrogens is 378 g/mol.